The zero-order valence-corrected chi connectivity index (χ0v) is 13.5. The number of nitrogens with zero attached hydrogens (tertiary/aromatic N) is 1. The van der Waals surface area contributed by atoms with E-state index in [-0.39, 0.29) is 30.4 Å². The highest BCUT2D eigenvalue weighted by Crippen LogP contribution is 2.36. The number of benzene rings is 1. The summed E-state index contributed by atoms with van der Waals surface area (Å²) < 4.78 is 5.77. The molecule has 3 atom stereocenters. The molecule has 1 aromatic carbocycles. The molecule has 0 spiro atoms. The van der Waals surface area contributed by atoms with Gasteiger partial charge in [-0.2, -0.15) is 0 Å². The number of ether oxygens (including phenoxy) is 1. The Morgan fingerprint density at radius 2 is 1.76 bits per heavy atom. The van der Waals surface area contributed by atoms with Gasteiger partial charge in [0, 0.05) is 12.1 Å². The highest BCUT2D eigenvalue weighted by Gasteiger charge is 2.40. The van der Waals surface area contributed by atoms with Gasteiger partial charge in [0.2, 0.25) is 0 Å². The molecule has 2 unspecified atom stereocenters. The summed E-state index contributed by atoms with van der Waals surface area (Å²) in [4.78, 5) is 14.8. The quantitative estimate of drug-likeness (QED) is 0.802. The van der Waals surface area contributed by atoms with E-state index in [1.807, 2.05) is 37.3 Å². The van der Waals surface area contributed by atoms with Crippen LogP contribution in [-0.4, -0.2) is 36.1 Å². The fraction of sp³-hybridized carbons (Fsp3) is 0.588. The molecule has 0 aliphatic carbocycles. The Hall–Kier alpha value is -1.06. The molecule has 2 heterocycles. The molecule has 3 rings (SSSR count). The molecule has 2 saturated heterocycles. The molecular weight excluding hydrogens is 286 g/mol. The third-order valence-electron chi connectivity index (χ3n) is 4.99. The summed E-state index contributed by atoms with van der Waals surface area (Å²) in [6.07, 6.45) is 4.62. The first-order chi connectivity index (χ1) is 9.65. The van der Waals surface area contributed by atoms with E-state index in [2.05, 4.69) is 11.9 Å². The first-order valence-corrected chi connectivity index (χ1v) is 7.62. The average molecular weight is 310 g/mol. The lowest BCUT2D eigenvalue weighted by molar-refractivity contribution is -0.153. The van der Waals surface area contributed by atoms with Crippen molar-refractivity contribution >= 4 is 18.4 Å². The van der Waals surface area contributed by atoms with Crippen molar-refractivity contribution in [2.75, 3.05) is 7.05 Å². The van der Waals surface area contributed by atoms with Crippen molar-refractivity contribution in [3.05, 3.63) is 35.9 Å². The van der Waals surface area contributed by atoms with Crippen LogP contribution < -0.4 is 0 Å². The average Bonchev–Trinajstić information content (AvgIpc) is 2.69. The maximum Gasteiger partial charge on any atom is 0.313 e. The molecule has 2 bridgehead atoms. The predicted molar refractivity (Wildman–Crippen MR) is 85.8 cm³/mol. The van der Waals surface area contributed by atoms with Crippen molar-refractivity contribution in [2.24, 2.45) is 0 Å². The third-order valence-corrected chi connectivity index (χ3v) is 4.99. The van der Waals surface area contributed by atoms with Gasteiger partial charge >= 0.3 is 5.97 Å². The summed E-state index contributed by atoms with van der Waals surface area (Å²) in [5, 5.41) is 0. The van der Waals surface area contributed by atoms with E-state index in [0.717, 1.165) is 18.4 Å². The Morgan fingerprint density at radius 3 is 2.33 bits per heavy atom. The molecular formula is C17H24ClNO2. The molecule has 2 fully saturated rings. The van der Waals surface area contributed by atoms with Gasteiger partial charge < -0.3 is 9.64 Å². The second-order valence-corrected chi connectivity index (χ2v) is 6.21. The summed E-state index contributed by atoms with van der Waals surface area (Å²) in [6.45, 7) is 1.93. The van der Waals surface area contributed by atoms with Crippen molar-refractivity contribution in [1.82, 2.24) is 4.90 Å². The zero-order chi connectivity index (χ0) is 14.1. The molecule has 2 aliphatic heterocycles. The normalized spacial score (nSPS) is 29.5. The maximum absolute atomic E-state index is 12.3. The number of rotatable bonds is 3. The molecule has 0 amide bonds. The number of esters is 1. The van der Waals surface area contributed by atoms with Crippen LogP contribution in [0.3, 0.4) is 0 Å². The van der Waals surface area contributed by atoms with Crippen molar-refractivity contribution in [2.45, 2.75) is 56.7 Å². The van der Waals surface area contributed by atoms with Gasteiger partial charge in [0.1, 0.15) is 6.10 Å². The molecule has 0 saturated carbocycles. The largest absolute Gasteiger partial charge is 0.462 e. The summed E-state index contributed by atoms with van der Waals surface area (Å²) in [6, 6.07) is 11.1. The highest BCUT2D eigenvalue weighted by molar-refractivity contribution is 5.85. The molecule has 1 aromatic rings. The van der Waals surface area contributed by atoms with E-state index >= 15 is 0 Å². The summed E-state index contributed by atoms with van der Waals surface area (Å²) in [5.74, 6) is -0.251. The lowest BCUT2D eigenvalue weighted by Crippen LogP contribution is -2.43. The number of piperidine rings is 1. The number of halogens is 1. The van der Waals surface area contributed by atoms with E-state index < -0.39 is 0 Å². The smallest absolute Gasteiger partial charge is 0.313 e. The molecule has 116 valence electrons. The molecule has 3 nitrogen and oxygen atoms in total. The van der Waals surface area contributed by atoms with Crippen molar-refractivity contribution in [3.8, 4) is 0 Å². The van der Waals surface area contributed by atoms with E-state index in [0.29, 0.717) is 12.1 Å². The minimum absolute atomic E-state index is 0. The van der Waals surface area contributed by atoms with Gasteiger partial charge in [0.15, 0.2) is 0 Å². The van der Waals surface area contributed by atoms with Gasteiger partial charge in [0.05, 0.1) is 5.92 Å². The monoisotopic (exact) mass is 309 g/mol. The van der Waals surface area contributed by atoms with Crippen molar-refractivity contribution < 1.29 is 9.53 Å². The van der Waals surface area contributed by atoms with E-state index in [1.54, 1.807) is 0 Å². The van der Waals surface area contributed by atoms with Gasteiger partial charge in [0.25, 0.3) is 0 Å². The minimum atomic E-state index is -0.173. The number of hydrogen-bond acceptors (Lipinski definition) is 3. The van der Waals surface area contributed by atoms with E-state index in [1.165, 1.54) is 12.8 Å². The van der Waals surface area contributed by atoms with E-state index in [9.17, 15) is 4.79 Å². The maximum atomic E-state index is 12.3. The lowest BCUT2D eigenvalue weighted by Gasteiger charge is -2.36. The van der Waals surface area contributed by atoms with Crippen LogP contribution >= 0.6 is 12.4 Å². The Balaban J connectivity index is 0.00000161. The van der Waals surface area contributed by atoms with Gasteiger partial charge in [-0.3, -0.25) is 4.79 Å². The third kappa shape index (κ3) is 3.41. The SMILES string of the molecule is C[C@H](C(=O)OC1CC2CCC(C1)N2C)c1ccccc1.Cl. The number of carbonyl (C=O) groups excluding carboxylic acids is 1. The fourth-order valence-corrected chi connectivity index (χ4v) is 3.60. The van der Waals surface area contributed by atoms with Gasteiger partial charge in [-0.05, 0) is 45.2 Å². The van der Waals surface area contributed by atoms with Crippen LogP contribution in [0.1, 0.15) is 44.1 Å². The van der Waals surface area contributed by atoms with Crippen LogP contribution in [-0.2, 0) is 9.53 Å². The van der Waals surface area contributed by atoms with E-state index in [4.69, 9.17) is 4.74 Å². The number of fused-ring (bicyclic) bond motifs is 2. The first kappa shape index (κ1) is 16.3. The van der Waals surface area contributed by atoms with Crippen LogP contribution in [0.2, 0.25) is 0 Å². The summed E-state index contributed by atoms with van der Waals surface area (Å²) in [5.41, 5.74) is 1.04. The molecule has 0 radical (unpaired) electrons. The minimum Gasteiger partial charge on any atom is -0.462 e. The predicted octanol–water partition coefficient (Wildman–Crippen LogP) is 3.38. The van der Waals surface area contributed by atoms with Crippen molar-refractivity contribution in [1.29, 1.82) is 0 Å². The number of hydrogen-bond donors (Lipinski definition) is 0. The zero-order valence-electron chi connectivity index (χ0n) is 12.7. The lowest BCUT2D eigenvalue weighted by atomic mass is 9.99. The molecule has 21 heavy (non-hydrogen) atoms. The van der Waals surface area contributed by atoms with Crippen LogP contribution in [0, 0.1) is 0 Å². The Bertz CT molecular complexity index is 465. The molecule has 4 heteroatoms. The second kappa shape index (κ2) is 6.80. The molecule has 0 aromatic heterocycles. The fourth-order valence-electron chi connectivity index (χ4n) is 3.60. The second-order valence-electron chi connectivity index (χ2n) is 6.21. The summed E-state index contributed by atoms with van der Waals surface area (Å²) in [7, 11) is 2.20. The molecule has 2 aliphatic rings. The first-order valence-electron chi connectivity index (χ1n) is 7.62. The van der Waals surface area contributed by atoms with Crippen LogP contribution in [0.15, 0.2) is 30.3 Å². The molecule has 0 N–H and O–H groups in total. The van der Waals surface area contributed by atoms with Gasteiger partial charge in [-0.15, -0.1) is 12.4 Å². The van der Waals surface area contributed by atoms with Gasteiger partial charge in [-0.1, -0.05) is 30.3 Å². The summed E-state index contributed by atoms with van der Waals surface area (Å²) >= 11 is 0. The van der Waals surface area contributed by atoms with Crippen LogP contribution in [0.5, 0.6) is 0 Å². The standard InChI is InChI=1S/C17H23NO2.ClH/c1-12(13-6-4-3-5-7-13)17(19)20-16-10-14-8-9-15(11-16)18(14)2;/h3-7,12,14-16H,8-11H2,1-2H3;1H/t12-,14?,15?,16?;/m0./s1. The van der Waals surface area contributed by atoms with Crippen LogP contribution in [0.4, 0.5) is 0 Å². The van der Waals surface area contributed by atoms with Crippen LogP contribution in [0.25, 0.3) is 0 Å². The Kier molecular flexibility index (Phi) is 5.28. The topological polar surface area (TPSA) is 29.5 Å². The van der Waals surface area contributed by atoms with Gasteiger partial charge in [-0.25, -0.2) is 0 Å². The Morgan fingerprint density at radius 1 is 1.19 bits per heavy atom. The van der Waals surface area contributed by atoms with Crippen molar-refractivity contribution in [3.63, 3.8) is 0 Å². The highest BCUT2D eigenvalue weighted by atomic mass is 35.5. The Labute approximate surface area is 133 Å². The number of carbonyl (C=O) groups is 1.